The number of Topliss-reactive ketones (excluding diaryl/α,β-unsaturated/α-hetero) is 3. The van der Waals surface area contributed by atoms with Crippen LogP contribution in [-0.2, 0) is 42.9 Å². The summed E-state index contributed by atoms with van der Waals surface area (Å²) in [6, 6.07) is -1.67. The number of piperidine rings is 1. The maximum atomic E-state index is 14.5. The summed E-state index contributed by atoms with van der Waals surface area (Å²) in [5.74, 6) is -5.16. The van der Waals surface area contributed by atoms with E-state index < -0.39 is 77.9 Å². The van der Waals surface area contributed by atoms with Crippen molar-refractivity contribution in [1.82, 2.24) is 4.90 Å². The number of esters is 1. The van der Waals surface area contributed by atoms with Crippen molar-refractivity contribution in [1.29, 1.82) is 0 Å². The fraction of sp³-hybridized carbons (Fsp3) is 0.769. The summed E-state index contributed by atoms with van der Waals surface area (Å²) < 4.78 is 29.9. The maximum absolute atomic E-state index is 14.5. The highest BCUT2D eigenvalue weighted by molar-refractivity contribution is 5.95. The molecule has 3 heterocycles. The molecule has 13 nitrogen and oxygen atoms in total. The molecule has 0 radical (unpaired) electrons. The molecule has 368 valence electrons. The van der Waals surface area contributed by atoms with Gasteiger partial charge in [0.05, 0.1) is 36.6 Å². The third-order valence-electron chi connectivity index (χ3n) is 15.0. The Morgan fingerprint density at radius 2 is 1.58 bits per heavy atom. The molecule has 2 saturated heterocycles. The standard InChI is InChI=1S/C52H83NO12/c1-31-17-13-12-14-18-32(2)44(61-9)29-40-22-20-37(7)52(60,65-40)50(58)38(8)53-24-16-15-19-41(53)51(59)64-45(34(4)27-39-21-23-42(54)46(28-39)62-10)30-43(55)33(3)26-36(6)48(57)49(63-11)47(56)35(5)25-31/h12-14,17-18,26,31,34-42,44-46,48-49,54,57,60H,15-16,19-25,27-30H2,1-11H3/b14-12?,17-13?,32-18?,33-26+/t31-,34-,35-,36?,37-,38?,39+,40+,41+,42-,44+,45+,46-,48-,49+,52-/m1/s1. The van der Waals surface area contributed by atoms with Crippen molar-refractivity contribution >= 4 is 23.3 Å². The Labute approximate surface area is 389 Å². The highest BCUT2D eigenvalue weighted by Crippen LogP contribution is 2.38. The summed E-state index contributed by atoms with van der Waals surface area (Å²) in [5.41, 5.74) is 1.31. The molecule has 2 unspecified atom stereocenters. The average Bonchev–Trinajstić information content (AvgIpc) is 3.28. The van der Waals surface area contributed by atoms with Gasteiger partial charge in [-0.05, 0) is 114 Å². The Bertz CT molecular complexity index is 1710. The van der Waals surface area contributed by atoms with E-state index in [1.807, 2.05) is 69.9 Å². The minimum Gasteiger partial charge on any atom is -0.460 e. The van der Waals surface area contributed by atoms with Gasteiger partial charge in [-0.3, -0.25) is 24.1 Å². The first-order valence-corrected chi connectivity index (χ1v) is 24.4. The van der Waals surface area contributed by atoms with Crippen LogP contribution in [0.25, 0.3) is 0 Å². The normalized spacial score (nSPS) is 40.0. The number of allylic oxidation sites excluding steroid dienone is 6. The average molecular weight is 914 g/mol. The zero-order chi connectivity index (χ0) is 48.2. The number of cyclic esters (lactones) is 1. The van der Waals surface area contributed by atoms with Gasteiger partial charge in [-0.1, -0.05) is 77.5 Å². The van der Waals surface area contributed by atoms with Crippen LogP contribution in [0, 0.1) is 35.5 Å². The lowest BCUT2D eigenvalue weighted by molar-refractivity contribution is -0.269. The van der Waals surface area contributed by atoms with Crippen molar-refractivity contribution in [2.75, 3.05) is 27.9 Å². The van der Waals surface area contributed by atoms with E-state index >= 15 is 0 Å². The van der Waals surface area contributed by atoms with Crippen molar-refractivity contribution < 1.29 is 58.2 Å². The monoisotopic (exact) mass is 914 g/mol. The van der Waals surface area contributed by atoms with Crippen LogP contribution in [0.15, 0.2) is 47.6 Å². The number of hydrogen-bond donors (Lipinski definition) is 3. The van der Waals surface area contributed by atoms with E-state index in [9.17, 15) is 34.5 Å². The van der Waals surface area contributed by atoms with Crippen LogP contribution in [0.4, 0.5) is 0 Å². The molecular formula is C52H83NO12. The van der Waals surface area contributed by atoms with Gasteiger partial charge in [0.25, 0.3) is 0 Å². The SMILES string of the molecule is CO[C@H]1C[C@@H]2CC[C@@H](C)[C@@](O)(O2)C(=O)C(C)N2CCCC[C@H]2C(=O)O[C@H]([C@H](C)C[C@@H]2CC[C@@H](O)[C@H](OC)C2)CC(=O)/C(C)=C/C(C)[C@@H](O)[C@@H](OC)C(=O)[C@H](C)C[C@H](C)C=CC=CC=C1C. The number of carbonyl (C=O) groups excluding carboxylic acids is 4. The first-order chi connectivity index (χ1) is 30.7. The van der Waals surface area contributed by atoms with Crippen LogP contribution in [0.2, 0.25) is 0 Å². The number of ketones is 3. The summed E-state index contributed by atoms with van der Waals surface area (Å²) >= 11 is 0. The Morgan fingerprint density at radius 1 is 0.862 bits per heavy atom. The van der Waals surface area contributed by atoms with Crippen molar-refractivity contribution in [3.05, 3.63) is 47.6 Å². The van der Waals surface area contributed by atoms with E-state index in [-0.39, 0.29) is 47.9 Å². The Hall–Kier alpha value is -2.88. The predicted molar refractivity (Wildman–Crippen MR) is 250 cm³/mol. The van der Waals surface area contributed by atoms with Gasteiger partial charge in [-0.2, -0.15) is 0 Å². The Balaban J connectivity index is 1.70. The van der Waals surface area contributed by atoms with Crippen molar-refractivity contribution in [3.8, 4) is 0 Å². The van der Waals surface area contributed by atoms with E-state index in [1.54, 1.807) is 41.1 Å². The lowest BCUT2D eigenvalue weighted by Gasteiger charge is -2.45. The van der Waals surface area contributed by atoms with E-state index in [2.05, 4.69) is 0 Å². The zero-order valence-electron chi connectivity index (χ0n) is 41.3. The Kier molecular flexibility index (Phi) is 21.4. The van der Waals surface area contributed by atoms with E-state index in [0.29, 0.717) is 63.5 Å². The first-order valence-electron chi connectivity index (χ1n) is 24.4. The molecule has 0 amide bonds. The highest BCUT2D eigenvalue weighted by Gasteiger charge is 2.52. The maximum Gasteiger partial charge on any atom is 0.323 e. The third-order valence-corrected chi connectivity index (χ3v) is 15.0. The molecule has 65 heavy (non-hydrogen) atoms. The molecule has 1 aliphatic carbocycles. The highest BCUT2D eigenvalue weighted by atomic mass is 16.6. The lowest BCUT2D eigenvalue weighted by atomic mass is 9.78. The summed E-state index contributed by atoms with van der Waals surface area (Å²) in [6.45, 7) is 15.2. The van der Waals surface area contributed by atoms with Gasteiger partial charge >= 0.3 is 5.97 Å². The van der Waals surface area contributed by atoms with Crippen molar-refractivity contribution in [2.45, 2.75) is 193 Å². The fourth-order valence-electron chi connectivity index (χ4n) is 10.6. The van der Waals surface area contributed by atoms with Crippen LogP contribution in [-0.4, -0.2) is 132 Å². The second-order valence-corrected chi connectivity index (χ2v) is 20.1. The summed E-state index contributed by atoms with van der Waals surface area (Å²) in [4.78, 5) is 58.7. The Morgan fingerprint density at radius 3 is 2.26 bits per heavy atom. The number of aliphatic hydroxyl groups excluding tert-OH is 2. The quantitative estimate of drug-likeness (QED) is 0.232. The lowest BCUT2D eigenvalue weighted by Crippen LogP contribution is -2.61. The largest absolute Gasteiger partial charge is 0.460 e. The molecule has 13 heteroatoms. The van der Waals surface area contributed by atoms with Crippen molar-refractivity contribution in [3.63, 3.8) is 0 Å². The van der Waals surface area contributed by atoms with Gasteiger partial charge in [-0.25, -0.2) is 0 Å². The van der Waals surface area contributed by atoms with Gasteiger partial charge in [0.2, 0.25) is 11.6 Å². The number of methoxy groups -OCH3 is 3. The molecule has 2 bridgehead atoms. The molecule has 0 spiro atoms. The topological polar surface area (TPSA) is 178 Å². The molecular weight excluding hydrogens is 831 g/mol. The zero-order valence-corrected chi connectivity index (χ0v) is 41.3. The molecule has 4 rings (SSSR count). The van der Waals surface area contributed by atoms with Gasteiger partial charge in [-0.15, -0.1) is 0 Å². The van der Waals surface area contributed by atoms with Gasteiger partial charge in [0.15, 0.2) is 11.6 Å². The predicted octanol–water partition coefficient (Wildman–Crippen LogP) is 7.04. The van der Waals surface area contributed by atoms with Gasteiger partial charge in [0, 0.05) is 51.9 Å². The van der Waals surface area contributed by atoms with Crippen LogP contribution < -0.4 is 0 Å². The van der Waals surface area contributed by atoms with Crippen LogP contribution >= 0.6 is 0 Å². The molecule has 3 N–H and O–H groups in total. The first kappa shape index (κ1) is 54.7. The third kappa shape index (κ3) is 14.6. The molecule has 4 aliphatic rings. The van der Waals surface area contributed by atoms with Crippen LogP contribution in [0.1, 0.15) is 132 Å². The van der Waals surface area contributed by atoms with E-state index in [1.165, 1.54) is 7.11 Å². The molecule has 3 fully saturated rings. The second kappa shape index (κ2) is 25.5. The molecule has 3 aliphatic heterocycles. The van der Waals surface area contributed by atoms with Crippen LogP contribution in [0.5, 0.6) is 0 Å². The number of aliphatic hydroxyl groups is 3. The van der Waals surface area contributed by atoms with E-state index in [4.69, 9.17) is 23.7 Å². The number of carbonyl (C=O) groups is 4. The molecule has 0 aromatic carbocycles. The molecule has 0 aromatic heterocycles. The molecule has 16 atom stereocenters. The summed E-state index contributed by atoms with van der Waals surface area (Å²) in [7, 11) is 4.63. The molecule has 1 saturated carbocycles. The summed E-state index contributed by atoms with van der Waals surface area (Å²) in [5, 5.41) is 34.1. The fourth-order valence-corrected chi connectivity index (χ4v) is 10.6. The van der Waals surface area contributed by atoms with Crippen LogP contribution in [0.3, 0.4) is 0 Å². The van der Waals surface area contributed by atoms with E-state index in [0.717, 1.165) is 24.8 Å². The number of ether oxygens (including phenoxy) is 5. The van der Waals surface area contributed by atoms with Crippen molar-refractivity contribution in [2.24, 2.45) is 35.5 Å². The number of nitrogens with zero attached hydrogens (tertiary/aromatic N) is 1. The smallest absolute Gasteiger partial charge is 0.323 e. The minimum absolute atomic E-state index is 0.0459. The number of rotatable bonds is 6. The summed E-state index contributed by atoms with van der Waals surface area (Å²) in [6.07, 6.45) is 13.2. The number of hydrogen-bond acceptors (Lipinski definition) is 13. The number of fused-ring (bicyclic) bond motifs is 3. The minimum atomic E-state index is -2.08. The molecule has 0 aromatic rings. The second-order valence-electron chi connectivity index (χ2n) is 20.1. The van der Waals surface area contributed by atoms with Gasteiger partial charge < -0.3 is 39.0 Å². The van der Waals surface area contributed by atoms with Gasteiger partial charge in [0.1, 0.15) is 18.2 Å².